The Bertz CT molecular complexity index is 335. The van der Waals surface area contributed by atoms with Crippen molar-refractivity contribution in [3.05, 3.63) is 34.9 Å². The number of ketones is 1. The van der Waals surface area contributed by atoms with Crippen LogP contribution in [0.4, 0.5) is 0 Å². The summed E-state index contributed by atoms with van der Waals surface area (Å²) in [7, 11) is 0. The van der Waals surface area contributed by atoms with E-state index in [1.54, 1.807) is 6.92 Å². The van der Waals surface area contributed by atoms with Gasteiger partial charge in [-0.1, -0.05) is 32.0 Å². The first kappa shape index (κ1) is 12.3. The third kappa shape index (κ3) is 2.60. The number of carbonyl (C=O) groups is 1. The van der Waals surface area contributed by atoms with Crippen molar-refractivity contribution in [2.75, 3.05) is 0 Å². The fourth-order valence-electron chi connectivity index (χ4n) is 1.81. The molecule has 0 amide bonds. The van der Waals surface area contributed by atoms with Gasteiger partial charge < -0.3 is 0 Å². The molecule has 1 aromatic rings. The summed E-state index contributed by atoms with van der Waals surface area (Å²) >= 11 is 6.16. The molecule has 1 nitrogen and oxygen atoms in total. The highest BCUT2D eigenvalue weighted by Crippen LogP contribution is 2.29. The number of hydrogen-bond donors (Lipinski definition) is 0. The van der Waals surface area contributed by atoms with E-state index in [0.29, 0.717) is 0 Å². The molecule has 0 aliphatic heterocycles. The van der Waals surface area contributed by atoms with Gasteiger partial charge in [0.25, 0.3) is 0 Å². The predicted octanol–water partition coefficient (Wildman–Crippen LogP) is 3.68. The van der Waals surface area contributed by atoms with Gasteiger partial charge in [-0.2, -0.15) is 0 Å². The summed E-state index contributed by atoms with van der Waals surface area (Å²) in [5.74, 6) is 0.0206. The molecule has 0 aromatic heterocycles. The third-order valence-corrected chi connectivity index (χ3v) is 3.18. The molecule has 0 N–H and O–H groups in total. The Morgan fingerprint density at radius 2 is 1.73 bits per heavy atom. The summed E-state index contributed by atoms with van der Waals surface area (Å²) in [5.41, 5.74) is 3.39. The molecule has 0 saturated heterocycles. The third-order valence-electron chi connectivity index (χ3n) is 2.66. The van der Waals surface area contributed by atoms with Crippen molar-refractivity contribution in [2.24, 2.45) is 0 Å². The minimum atomic E-state index is -0.490. The van der Waals surface area contributed by atoms with Crippen molar-refractivity contribution in [2.45, 2.75) is 39.0 Å². The molecule has 1 unspecified atom stereocenters. The average Bonchev–Trinajstić information content (AvgIpc) is 2.26. The number of hydrogen-bond acceptors (Lipinski definition) is 1. The van der Waals surface area contributed by atoms with Crippen LogP contribution in [0.2, 0.25) is 0 Å². The summed E-state index contributed by atoms with van der Waals surface area (Å²) < 4.78 is 0. The number of halogens is 1. The van der Waals surface area contributed by atoms with Crippen LogP contribution in [0.1, 0.15) is 42.8 Å². The van der Waals surface area contributed by atoms with Crippen molar-refractivity contribution < 1.29 is 4.79 Å². The Balaban J connectivity index is 3.27. The molecular weight excluding hydrogens is 208 g/mol. The average molecular weight is 225 g/mol. The second-order valence-electron chi connectivity index (χ2n) is 3.67. The molecule has 0 aliphatic rings. The maximum atomic E-state index is 11.3. The van der Waals surface area contributed by atoms with Gasteiger partial charge in [-0.05, 0) is 36.5 Å². The van der Waals surface area contributed by atoms with Crippen LogP contribution in [0.5, 0.6) is 0 Å². The summed E-state index contributed by atoms with van der Waals surface area (Å²) in [5, 5.41) is -0.490. The van der Waals surface area contributed by atoms with Gasteiger partial charge in [0.05, 0.1) is 0 Å². The van der Waals surface area contributed by atoms with Crippen molar-refractivity contribution in [1.82, 2.24) is 0 Å². The van der Waals surface area contributed by atoms with E-state index in [1.807, 2.05) is 18.2 Å². The Hall–Kier alpha value is -0.820. The topological polar surface area (TPSA) is 17.1 Å². The zero-order chi connectivity index (χ0) is 11.4. The van der Waals surface area contributed by atoms with Crippen LogP contribution in [-0.2, 0) is 17.6 Å². The number of benzene rings is 1. The standard InChI is InChI=1S/C13H17ClO/c1-4-10-7-6-8-11(5-2)12(10)13(14)9(3)15/h6-8,13H,4-5H2,1-3H3. The normalized spacial score (nSPS) is 12.5. The van der Waals surface area contributed by atoms with E-state index in [4.69, 9.17) is 11.6 Å². The Kier molecular flexibility index (Phi) is 4.34. The first-order chi connectivity index (χ1) is 7.11. The van der Waals surface area contributed by atoms with E-state index < -0.39 is 5.38 Å². The largest absolute Gasteiger partial charge is 0.298 e. The molecule has 1 atom stereocenters. The van der Waals surface area contributed by atoms with Crippen LogP contribution >= 0.6 is 11.6 Å². The molecule has 2 heteroatoms. The molecule has 82 valence electrons. The molecular formula is C13H17ClO. The van der Waals surface area contributed by atoms with Gasteiger partial charge in [-0.3, -0.25) is 4.79 Å². The maximum absolute atomic E-state index is 11.3. The molecule has 0 heterocycles. The van der Waals surface area contributed by atoms with E-state index in [-0.39, 0.29) is 5.78 Å². The lowest BCUT2D eigenvalue weighted by Gasteiger charge is -2.15. The minimum absolute atomic E-state index is 0.0206. The minimum Gasteiger partial charge on any atom is -0.298 e. The van der Waals surface area contributed by atoms with E-state index in [9.17, 15) is 4.79 Å². The molecule has 1 aromatic carbocycles. The van der Waals surface area contributed by atoms with Gasteiger partial charge in [0, 0.05) is 0 Å². The summed E-state index contributed by atoms with van der Waals surface area (Å²) in [6.07, 6.45) is 1.83. The second-order valence-corrected chi connectivity index (χ2v) is 4.11. The highest BCUT2D eigenvalue weighted by Gasteiger charge is 2.19. The highest BCUT2D eigenvalue weighted by molar-refractivity contribution is 6.31. The number of aryl methyl sites for hydroxylation is 2. The predicted molar refractivity (Wildman–Crippen MR) is 64.5 cm³/mol. The molecule has 15 heavy (non-hydrogen) atoms. The van der Waals surface area contributed by atoms with Crippen LogP contribution in [0.25, 0.3) is 0 Å². The monoisotopic (exact) mass is 224 g/mol. The van der Waals surface area contributed by atoms with Crippen LogP contribution in [0.3, 0.4) is 0 Å². The van der Waals surface area contributed by atoms with E-state index in [2.05, 4.69) is 13.8 Å². The number of rotatable bonds is 4. The van der Waals surface area contributed by atoms with Gasteiger partial charge in [0.15, 0.2) is 5.78 Å². The summed E-state index contributed by atoms with van der Waals surface area (Å²) in [6.45, 7) is 5.72. The number of Topliss-reactive ketones (excluding diaryl/α,β-unsaturated/α-hetero) is 1. The molecule has 0 bridgehead atoms. The number of alkyl halides is 1. The lowest BCUT2D eigenvalue weighted by molar-refractivity contribution is -0.116. The first-order valence-electron chi connectivity index (χ1n) is 5.37. The Morgan fingerprint density at radius 1 is 1.27 bits per heavy atom. The summed E-state index contributed by atoms with van der Waals surface area (Å²) in [4.78, 5) is 11.3. The fraction of sp³-hybridized carbons (Fsp3) is 0.462. The van der Waals surface area contributed by atoms with E-state index in [0.717, 1.165) is 18.4 Å². The molecule has 0 fully saturated rings. The van der Waals surface area contributed by atoms with Gasteiger partial charge in [0.2, 0.25) is 0 Å². The Labute approximate surface area is 96.5 Å². The summed E-state index contributed by atoms with van der Waals surface area (Å²) in [6, 6.07) is 6.13. The van der Waals surface area contributed by atoms with Crippen molar-refractivity contribution in [3.63, 3.8) is 0 Å². The van der Waals surface area contributed by atoms with Gasteiger partial charge in [-0.15, -0.1) is 11.6 Å². The van der Waals surface area contributed by atoms with Crippen LogP contribution in [0.15, 0.2) is 18.2 Å². The fourth-order valence-corrected chi connectivity index (χ4v) is 2.09. The smallest absolute Gasteiger partial charge is 0.152 e. The molecule has 0 spiro atoms. The van der Waals surface area contributed by atoms with E-state index >= 15 is 0 Å². The van der Waals surface area contributed by atoms with Crippen LogP contribution < -0.4 is 0 Å². The first-order valence-corrected chi connectivity index (χ1v) is 5.80. The van der Waals surface area contributed by atoms with Crippen molar-refractivity contribution in [1.29, 1.82) is 0 Å². The van der Waals surface area contributed by atoms with Crippen molar-refractivity contribution in [3.8, 4) is 0 Å². The molecule has 0 saturated carbocycles. The van der Waals surface area contributed by atoms with Gasteiger partial charge in [-0.25, -0.2) is 0 Å². The lowest BCUT2D eigenvalue weighted by Crippen LogP contribution is -2.08. The molecule has 1 rings (SSSR count). The molecule has 0 aliphatic carbocycles. The maximum Gasteiger partial charge on any atom is 0.152 e. The van der Waals surface area contributed by atoms with Crippen LogP contribution in [-0.4, -0.2) is 5.78 Å². The lowest BCUT2D eigenvalue weighted by atomic mass is 9.93. The highest BCUT2D eigenvalue weighted by atomic mass is 35.5. The second kappa shape index (κ2) is 5.32. The van der Waals surface area contributed by atoms with Crippen molar-refractivity contribution >= 4 is 17.4 Å². The zero-order valence-electron chi connectivity index (χ0n) is 9.51. The van der Waals surface area contributed by atoms with Crippen LogP contribution in [0, 0.1) is 0 Å². The Morgan fingerprint density at radius 3 is 2.07 bits per heavy atom. The molecule has 0 radical (unpaired) electrons. The number of carbonyl (C=O) groups excluding carboxylic acids is 1. The quantitative estimate of drug-likeness (QED) is 0.713. The van der Waals surface area contributed by atoms with Gasteiger partial charge in [0.1, 0.15) is 5.38 Å². The SMILES string of the molecule is CCc1cccc(CC)c1C(Cl)C(C)=O. The zero-order valence-corrected chi connectivity index (χ0v) is 10.3. The van der Waals surface area contributed by atoms with Gasteiger partial charge >= 0.3 is 0 Å². The van der Waals surface area contributed by atoms with E-state index in [1.165, 1.54) is 11.1 Å².